The van der Waals surface area contributed by atoms with E-state index >= 15 is 0 Å². The Bertz CT molecular complexity index is 267. The second-order valence-corrected chi connectivity index (χ2v) is 4.22. The second kappa shape index (κ2) is 5.31. The van der Waals surface area contributed by atoms with Crippen LogP contribution in [0.2, 0.25) is 0 Å². The van der Waals surface area contributed by atoms with Crippen LogP contribution in [-0.2, 0) is 0 Å². The zero-order valence-corrected chi connectivity index (χ0v) is 8.92. The molecule has 0 bridgehead atoms. The van der Waals surface area contributed by atoms with Gasteiger partial charge in [-0.25, -0.2) is 4.39 Å². The Morgan fingerprint density at radius 3 is 2.80 bits per heavy atom. The minimum Gasteiger partial charge on any atom is -0.468 e. The van der Waals surface area contributed by atoms with E-state index in [1.807, 2.05) is 6.07 Å². The summed E-state index contributed by atoms with van der Waals surface area (Å²) in [5, 5.41) is 3.34. The average molecular weight is 211 g/mol. The Kier molecular flexibility index (Phi) is 3.78. The third-order valence-corrected chi connectivity index (χ3v) is 3.08. The molecule has 0 spiro atoms. The summed E-state index contributed by atoms with van der Waals surface area (Å²) in [6.45, 7) is -0.399. The van der Waals surface area contributed by atoms with E-state index in [-0.39, 0.29) is 6.04 Å². The van der Waals surface area contributed by atoms with Crippen molar-refractivity contribution in [1.29, 1.82) is 0 Å². The van der Waals surface area contributed by atoms with Gasteiger partial charge in [-0.2, -0.15) is 0 Å². The molecule has 0 saturated heterocycles. The van der Waals surface area contributed by atoms with Gasteiger partial charge in [0.2, 0.25) is 0 Å². The SMILES string of the molecule is FCC(NC1CCCCC1)c1ccco1. The Hall–Kier alpha value is -0.830. The first-order valence-electron chi connectivity index (χ1n) is 5.75. The highest BCUT2D eigenvalue weighted by Gasteiger charge is 2.20. The third kappa shape index (κ3) is 2.81. The minimum absolute atomic E-state index is 0.261. The molecule has 1 aromatic rings. The van der Waals surface area contributed by atoms with Gasteiger partial charge in [-0.05, 0) is 25.0 Å². The molecule has 0 amide bonds. The number of alkyl halides is 1. The molecule has 0 aliphatic heterocycles. The number of halogens is 1. The molecule has 1 aromatic heterocycles. The normalized spacial score (nSPS) is 20.3. The lowest BCUT2D eigenvalue weighted by Gasteiger charge is -2.26. The summed E-state index contributed by atoms with van der Waals surface area (Å²) in [5.41, 5.74) is 0. The fourth-order valence-electron chi connectivity index (χ4n) is 2.25. The number of hydrogen-bond donors (Lipinski definition) is 1. The summed E-state index contributed by atoms with van der Waals surface area (Å²) in [6.07, 6.45) is 7.76. The van der Waals surface area contributed by atoms with Crippen LogP contribution in [0.25, 0.3) is 0 Å². The molecule has 1 saturated carbocycles. The van der Waals surface area contributed by atoms with Crippen LogP contribution in [-0.4, -0.2) is 12.7 Å². The van der Waals surface area contributed by atoms with Gasteiger partial charge in [-0.15, -0.1) is 0 Å². The number of hydrogen-bond acceptors (Lipinski definition) is 2. The van der Waals surface area contributed by atoms with E-state index in [2.05, 4.69) is 5.32 Å². The molecule has 0 aromatic carbocycles. The Morgan fingerprint density at radius 2 is 2.20 bits per heavy atom. The van der Waals surface area contributed by atoms with Crippen LogP contribution in [0.1, 0.15) is 43.9 Å². The molecule has 3 heteroatoms. The maximum atomic E-state index is 12.9. The summed E-state index contributed by atoms with van der Waals surface area (Å²) in [6, 6.07) is 3.84. The Morgan fingerprint density at radius 1 is 1.40 bits per heavy atom. The van der Waals surface area contributed by atoms with Crippen LogP contribution in [0.15, 0.2) is 22.8 Å². The molecule has 1 N–H and O–H groups in total. The average Bonchev–Trinajstić information content (AvgIpc) is 2.81. The third-order valence-electron chi connectivity index (χ3n) is 3.08. The summed E-state index contributed by atoms with van der Waals surface area (Å²) < 4.78 is 18.1. The lowest BCUT2D eigenvalue weighted by atomic mass is 9.95. The van der Waals surface area contributed by atoms with E-state index in [1.54, 1.807) is 12.3 Å². The molecule has 1 unspecified atom stereocenters. The highest BCUT2D eigenvalue weighted by Crippen LogP contribution is 2.22. The molecular formula is C12H18FNO. The second-order valence-electron chi connectivity index (χ2n) is 4.22. The van der Waals surface area contributed by atoms with Crippen molar-refractivity contribution < 1.29 is 8.81 Å². The van der Waals surface area contributed by atoms with Crippen LogP contribution < -0.4 is 5.32 Å². The van der Waals surface area contributed by atoms with Gasteiger partial charge in [-0.3, -0.25) is 0 Å². The smallest absolute Gasteiger partial charge is 0.123 e. The maximum absolute atomic E-state index is 12.9. The van der Waals surface area contributed by atoms with Gasteiger partial charge in [0.15, 0.2) is 0 Å². The number of rotatable bonds is 4. The van der Waals surface area contributed by atoms with Crippen molar-refractivity contribution >= 4 is 0 Å². The monoisotopic (exact) mass is 211 g/mol. The summed E-state index contributed by atoms with van der Waals surface area (Å²) in [4.78, 5) is 0. The predicted octanol–water partition coefficient (Wildman–Crippen LogP) is 3.21. The molecule has 1 aliphatic rings. The standard InChI is InChI=1S/C12H18FNO/c13-9-11(12-7-4-8-15-12)14-10-5-2-1-3-6-10/h4,7-8,10-11,14H,1-3,5-6,9H2. The van der Waals surface area contributed by atoms with Gasteiger partial charge in [0.05, 0.1) is 12.3 Å². The number of furan rings is 1. The van der Waals surface area contributed by atoms with Crippen LogP contribution in [0.3, 0.4) is 0 Å². The Labute approximate surface area is 89.9 Å². The predicted molar refractivity (Wildman–Crippen MR) is 57.4 cm³/mol. The molecule has 84 valence electrons. The van der Waals surface area contributed by atoms with Crippen molar-refractivity contribution in [3.8, 4) is 0 Å². The largest absolute Gasteiger partial charge is 0.468 e. The van der Waals surface area contributed by atoms with E-state index < -0.39 is 6.67 Å². The molecule has 1 fully saturated rings. The molecule has 0 radical (unpaired) electrons. The molecule has 1 atom stereocenters. The summed E-state index contributed by atoms with van der Waals surface area (Å²) >= 11 is 0. The lowest BCUT2D eigenvalue weighted by molar-refractivity contribution is 0.273. The van der Waals surface area contributed by atoms with Gasteiger partial charge in [-0.1, -0.05) is 19.3 Å². The van der Waals surface area contributed by atoms with Gasteiger partial charge in [0.1, 0.15) is 12.4 Å². The van der Waals surface area contributed by atoms with Crippen LogP contribution in [0.5, 0.6) is 0 Å². The Balaban J connectivity index is 1.90. The van der Waals surface area contributed by atoms with Gasteiger partial charge >= 0.3 is 0 Å². The quantitative estimate of drug-likeness (QED) is 0.827. The van der Waals surface area contributed by atoms with Gasteiger partial charge < -0.3 is 9.73 Å². The lowest BCUT2D eigenvalue weighted by Crippen LogP contribution is -2.35. The van der Waals surface area contributed by atoms with Crippen LogP contribution >= 0.6 is 0 Å². The van der Waals surface area contributed by atoms with Crippen molar-refractivity contribution in [2.75, 3.05) is 6.67 Å². The molecule has 15 heavy (non-hydrogen) atoms. The number of nitrogens with one attached hydrogen (secondary N) is 1. The van der Waals surface area contributed by atoms with Gasteiger partial charge in [0.25, 0.3) is 0 Å². The first-order chi connectivity index (χ1) is 7.40. The van der Waals surface area contributed by atoms with E-state index in [1.165, 1.54) is 19.3 Å². The molecule has 2 rings (SSSR count). The molecular weight excluding hydrogens is 193 g/mol. The van der Waals surface area contributed by atoms with E-state index in [0.29, 0.717) is 11.8 Å². The highest BCUT2D eigenvalue weighted by atomic mass is 19.1. The van der Waals surface area contributed by atoms with E-state index in [0.717, 1.165) is 12.8 Å². The minimum atomic E-state index is -0.399. The zero-order valence-electron chi connectivity index (χ0n) is 8.92. The van der Waals surface area contributed by atoms with Crippen LogP contribution in [0.4, 0.5) is 4.39 Å². The van der Waals surface area contributed by atoms with E-state index in [9.17, 15) is 4.39 Å². The molecule has 2 nitrogen and oxygen atoms in total. The fraction of sp³-hybridized carbons (Fsp3) is 0.667. The first kappa shape index (κ1) is 10.7. The first-order valence-corrected chi connectivity index (χ1v) is 5.75. The van der Waals surface area contributed by atoms with Crippen LogP contribution in [0, 0.1) is 0 Å². The van der Waals surface area contributed by atoms with Crippen molar-refractivity contribution in [2.24, 2.45) is 0 Å². The maximum Gasteiger partial charge on any atom is 0.123 e. The highest BCUT2D eigenvalue weighted by molar-refractivity contribution is 5.04. The zero-order chi connectivity index (χ0) is 10.5. The molecule has 1 aliphatic carbocycles. The van der Waals surface area contributed by atoms with Crippen molar-refractivity contribution in [3.05, 3.63) is 24.2 Å². The van der Waals surface area contributed by atoms with Crippen molar-refractivity contribution in [2.45, 2.75) is 44.2 Å². The summed E-state index contributed by atoms with van der Waals surface area (Å²) in [7, 11) is 0. The molecule has 1 heterocycles. The topological polar surface area (TPSA) is 25.2 Å². The van der Waals surface area contributed by atoms with E-state index in [4.69, 9.17) is 4.42 Å². The van der Waals surface area contributed by atoms with Gasteiger partial charge in [0, 0.05) is 6.04 Å². The summed E-state index contributed by atoms with van der Waals surface area (Å²) in [5.74, 6) is 0.711. The fourth-order valence-corrected chi connectivity index (χ4v) is 2.25. The van der Waals surface area contributed by atoms with Crippen molar-refractivity contribution in [3.63, 3.8) is 0 Å². The van der Waals surface area contributed by atoms with Crippen molar-refractivity contribution in [1.82, 2.24) is 5.32 Å².